The van der Waals surface area contributed by atoms with Crippen LogP contribution in [-0.4, -0.2) is 86.5 Å². The molecule has 0 bridgehead atoms. The fourth-order valence-corrected chi connectivity index (χ4v) is 3.68. The van der Waals surface area contributed by atoms with Crippen molar-refractivity contribution in [3.8, 4) is 0 Å². The molecule has 2 amide bonds. The maximum Gasteiger partial charge on any atom is 0.225 e. The van der Waals surface area contributed by atoms with Gasteiger partial charge in [0.2, 0.25) is 11.8 Å². The topological polar surface area (TPSA) is 89.1 Å². The highest BCUT2D eigenvalue weighted by atomic mass is 16.2. The third-order valence-electron chi connectivity index (χ3n) is 5.69. The molecule has 3 rings (SSSR count). The summed E-state index contributed by atoms with van der Waals surface area (Å²) in [6.45, 7) is 6.00. The first-order valence-electron chi connectivity index (χ1n) is 9.90. The Morgan fingerprint density at radius 2 is 2.00 bits per heavy atom. The van der Waals surface area contributed by atoms with Gasteiger partial charge >= 0.3 is 0 Å². The zero-order valence-electron chi connectivity index (χ0n) is 15.8. The van der Waals surface area contributed by atoms with Gasteiger partial charge in [0.1, 0.15) is 0 Å². The second-order valence-corrected chi connectivity index (χ2v) is 7.48. The largest absolute Gasteiger partial charge is 0.355 e. The molecule has 1 atom stereocenters. The van der Waals surface area contributed by atoms with Crippen LogP contribution in [-0.2, 0) is 9.59 Å². The standard InChI is InChI=1S/C18H32N6O2/c1-19-18(22-15-5-6-16(25)21-13-15)20-7-8-23-9-11-24(12-10-23)17(26)14-3-2-4-14/h14-15H,2-13H2,1H3,(H,21,25)(H2,19,20,22). The maximum absolute atomic E-state index is 12.3. The molecular formula is C18H32N6O2. The molecule has 2 saturated heterocycles. The molecule has 0 aromatic rings. The van der Waals surface area contributed by atoms with Crippen molar-refractivity contribution in [1.82, 2.24) is 25.8 Å². The molecule has 2 aliphatic heterocycles. The van der Waals surface area contributed by atoms with E-state index in [0.717, 1.165) is 64.5 Å². The summed E-state index contributed by atoms with van der Waals surface area (Å²) in [5, 5.41) is 9.59. The Morgan fingerprint density at radius 3 is 2.58 bits per heavy atom. The Bertz CT molecular complexity index is 516. The number of nitrogens with one attached hydrogen (secondary N) is 3. The third-order valence-corrected chi connectivity index (χ3v) is 5.69. The van der Waals surface area contributed by atoms with Crippen LogP contribution in [0, 0.1) is 5.92 Å². The molecule has 0 aromatic carbocycles. The van der Waals surface area contributed by atoms with Gasteiger partial charge < -0.3 is 20.9 Å². The highest BCUT2D eigenvalue weighted by molar-refractivity contribution is 5.81. The van der Waals surface area contributed by atoms with Gasteiger partial charge in [-0.25, -0.2) is 0 Å². The molecule has 8 nitrogen and oxygen atoms in total. The van der Waals surface area contributed by atoms with Gasteiger partial charge in [-0.1, -0.05) is 6.42 Å². The Labute approximate surface area is 155 Å². The summed E-state index contributed by atoms with van der Waals surface area (Å²) in [7, 11) is 1.77. The van der Waals surface area contributed by atoms with Gasteiger partial charge in [-0.15, -0.1) is 0 Å². The van der Waals surface area contributed by atoms with E-state index in [4.69, 9.17) is 0 Å². The fraction of sp³-hybridized carbons (Fsp3) is 0.833. The minimum Gasteiger partial charge on any atom is -0.355 e. The first kappa shape index (κ1) is 18.9. The lowest BCUT2D eigenvalue weighted by molar-refractivity contribution is -0.139. The normalized spacial score (nSPS) is 25.4. The van der Waals surface area contributed by atoms with Crippen molar-refractivity contribution in [2.45, 2.75) is 38.1 Å². The van der Waals surface area contributed by atoms with Crippen molar-refractivity contribution in [3.05, 3.63) is 0 Å². The summed E-state index contributed by atoms with van der Waals surface area (Å²) in [5.41, 5.74) is 0. The number of piperidine rings is 1. The lowest BCUT2D eigenvalue weighted by atomic mass is 9.84. The smallest absolute Gasteiger partial charge is 0.225 e. The summed E-state index contributed by atoms with van der Waals surface area (Å²) in [4.78, 5) is 32.2. The molecule has 0 spiro atoms. The average Bonchev–Trinajstić information content (AvgIpc) is 2.61. The van der Waals surface area contributed by atoms with Gasteiger partial charge in [0.05, 0.1) is 0 Å². The van der Waals surface area contributed by atoms with E-state index in [9.17, 15) is 9.59 Å². The van der Waals surface area contributed by atoms with Crippen LogP contribution in [0.4, 0.5) is 0 Å². The zero-order valence-corrected chi connectivity index (χ0v) is 15.8. The molecule has 0 aromatic heterocycles. The van der Waals surface area contributed by atoms with Crippen LogP contribution in [0.25, 0.3) is 0 Å². The van der Waals surface area contributed by atoms with E-state index in [1.54, 1.807) is 7.05 Å². The second kappa shape index (κ2) is 9.21. The lowest BCUT2D eigenvalue weighted by Crippen LogP contribution is -2.54. The number of carbonyl (C=O) groups is 2. The van der Waals surface area contributed by atoms with Crippen molar-refractivity contribution in [3.63, 3.8) is 0 Å². The SMILES string of the molecule is CN=C(NCCN1CCN(C(=O)C2CCC2)CC1)NC1CCC(=O)NC1. The molecule has 1 aliphatic carbocycles. The number of aliphatic imine (C=N–C) groups is 1. The number of hydrogen-bond donors (Lipinski definition) is 3. The van der Waals surface area contributed by atoms with Crippen LogP contribution in [0.15, 0.2) is 4.99 Å². The first-order valence-corrected chi connectivity index (χ1v) is 9.90. The van der Waals surface area contributed by atoms with Crippen molar-refractivity contribution in [1.29, 1.82) is 0 Å². The predicted octanol–water partition coefficient (Wildman–Crippen LogP) is -0.626. The zero-order chi connectivity index (χ0) is 18.4. The van der Waals surface area contributed by atoms with E-state index in [0.29, 0.717) is 24.8 Å². The molecule has 26 heavy (non-hydrogen) atoms. The van der Waals surface area contributed by atoms with E-state index in [-0.39, 0.29) is 11.9 Å². The van der Waals surface area contributed by atoms with Crippen LogP contribution in [0.2, 0.25) is 0 Å². The number of piperazine rings is 1. The highest BCUT2D eigenvalue weighted by Crippen LogP contribution is 2.28. The molecule has 1 saturated carbocycles. The molecule has 3 fully saturated rings. The van der Waals surface area contributed by atoms with Gasteiger partial charge in [0, 0.05) is 71.2 Å². The highest BCUT2D eigenvalue weighted by Gasteiger charge is 2.31. The summed E-state index contributed by atoms with van der Waals surface area (Å²) < 4.78 is 0. The minimum absolute atomic E-state index is 0.126. The van der Waals surface area contributed by atoms with Gasteiger partial charge in [-0.05, 0) is 19.3 Å². The van der Waals surface area contributed by atoms with Crippen LogP contribution in [0.5, 0.6) is 0 Å². The number of hydrogen-bond acceptors (Lipinski definition) is 4. The Morgan fingerprint density at radius 1 is 1.23 bits per heavy atom. The molecule has 8 heteroatoms. The quantitative estimate of drug-likeness (QED) is 0.447. The average molecular weight is 364 g/mol. The van der Waals surface area contributed by atoms with E-state index in [2.05, 4.69) is 25.8 Å². The van der Waals surface area contributed by atoms with Crippen molar-refractivity contribution in [2.24, 2.45) is 10.9 Å². The number of carbonyl (C=O) groups excluding carboxylic acids is 2. The van der Waals surface area contributed by atoms with Crippen molar-refractivity contribution in [2.75, 3.05) is 52.9 Å². The Balaban J connectivity index is 1.30. The Kier molecular flexibility index (Phi) is 6.71. The molecule has 3 aliphatic rings. The van der Waals surface area contributed by atoms with E-state index < -0.39 is 0 Å². The number of nitrogens with zero attached hydrogens (tertiary/aromatic N) is 3. The van der Waals surface area contributed by atoms with Gasteiger partial charge in [0.15, 0.2) is 5.96 Å². The third kappa shape index (κ3) is 5.09. The molecule has 146 valence electrons. The lowest BCUT2D eigenvalue weighted by Gasteiger charge is -2.38. The van der Waals surface area contributed by atoms with Crippen LogP contribution >= 0.6 is 0 Å². The number of amides is 2. The predicted molar refractivity (Wildman–Crippen MR) is 101 cm³/mol. The summed E-state index contributed by atoms with van der Waals surface area (Å²) in [6, 6.07) is 0.236. The van der Waals surface area contributed by atoms with Gasteiger partial charge in [-0.3, -0.25) is 19.5 Å². The molecule has 3 N–H and O–H groups in total. The molecular weight excluding hydrogens is 332 g/mol. The van der Waals surface area contributed by atoms with Gasteiger partial charge in [0.25, 0.3) is 0 Å². The van der Waals surface area contributed by atoms with Crippen LogP contribution < -0.4 is 16.0 Å². The second-order valence-electron chi connectivity index (χ2n) is 7.48. The van der Waals surface area contributed by atoms with E-state index >= 15 is 0 Å². The van der Waals surface area contributed by atoms with E-state index in [1.807, 2.05) is 4.90 Å². The molecule has 2 heterocycles. The van der Waals surface area contributed by atoms with Crippen molar-refractivity contribution >= 4 is 17.8 Å². The maximum atomic E-state index is 12.3. The molecule has 1 unspecified atom stereocenters. The first-order chi connectivity index (χ1) is 12.7. The Hall–Kier alpha value is -1.83. The summed E-state index contributed by atoms with van der Waals surface area (Å²) in [6.07, 6.45) is 4.78. The molecule has 0 radical (unpaired) electrons. The number of rotatable bonds is 5. The fourth-order valence-electron chi connectivity index (χ4n) is 3.68. The summed E-state index contributed by atoms with van der Waals surface area (Å²) in [5.74, 6) is 1.59. The van der Waals surface area contributed by atoms with Crippen LogP contribution in [0.1, 0.15) is 32.1 Å². The van der Waals surface area contributed by atoms with Crippen LogP contribution in [0.3, 0.4) is 0 Å². The van der Waals surface area contributed by atoms with Gasteiger partial charge in [-0.2, -0.15) is 0 Å². The van der Waals surface area contributed by atoms with Crippen molar-refractivity contribution < 1.29 is 9.59 Å². The summed E-state index contributed by atoms with van der Waals surface area (Å²) >= 11 is 0. The minimum atomic E-state index is 0.126. The van der Waals surface area contributed by atoms with E-state index in [1.165, 1.54) is 6.42 Å². The monoisotopic (exact) mass is 364 g/mol. The number of guanidine groups is 1.